The van der Waals surface area contributed by atoms with Crippen molar-refractivity contribution in [1.82, 2.24) is 10.6 Å². The van der Waals surface area contributed by atoms with Crippen LogP contribution in [0.25, 0.3) is 0 Å². The molecule has 7 heteroatoms. The molecule has 2 aromatic rings. The molecule has 0 radical (unpaired) electrons. The zero-order valence-electron chi connectivity index (χ0n) is 17.6. The highest BCUT2D eigenvalue weighted by Crippen LogP contribution is 2.26. The van der Waals surface area contributed by atoms with Crippen LogP contribution >= 0.6 is 24.0 Å². The normalized spacial score (nSPS) is 11.9. The molecule has 2 aromatic carbocycles. The molecule has 2 rings (SSSR count). The van der Waals surface area contributed by atoms with E-state index in [0.29, 0.717) is 26.3 Å². The Morgan fingerprint density at radius 1 is 1.00 bits per heavy atom. The van der Waals surface area contributed by atoms with E-state index in [4.69, 9.17) is 14.2 Å². The standard InChI is InChI=1S/C22H31N3O3.HI/c1-5-27-16-19-11-7-6-10-18(19)15-25-22(23-3)24-14-17(2)28-21-13-9-8-12-20(21)26-4;/h6-13,17H,5,14-16H2,1-4H3,(H2,23,24,25);1H. The number of aliphatic imine (C=N–C) groups is 1. The lowest BCUT2D eigenvalue weighted by atomic mass is 10.1. The molecule has 0 aromatic heterocycles. The summed E-state index contributed by atoms with van der Waals surface area (Å²) in [5.74, 6) is 2.18. The summed E-state index contributed by atoms with van der Waals surface area (Å²) in [6.45, 7) is 6.60. The Kier molecular flexibility index (Phi) is 12.1. The van der Waals surface area contributed by atoms with E-state index in [1.807, 2.05) is 50.2 Å². The number of methoxy groups -OCH3 is 1. The summed E-state index contributed by atoms with van der Waals surface area (Å²) in [6, 6.07) is 15.9. The summed E-state index contributed by atoms with van der Waals surface area (Å²) in [6.07, 6.45) is -0.0555. The molecule has 0 aliphatic carbocycles. The molecule has 1 unspecified atom stereocenters. The second kappa shape index (κ2) is 14.1. The molecule has 0 aliphatic heterocycles. The van der Waals surface area contributed by atoms with Gasteiger partial charge < -0.3 is 24.8 Å². The zero-order chi connectivity index (χ0) is 20.2. The number of hydrogen-bond donors (Lipinski definition) is 2. The number of hydrogen-bond acceptors (Lipinski definition) is 4. The average molecular weight is 513 g/mol. The minimum atomic E-state index is -0.0555. The molecule has 29 heavy (non-hydrogen) atoms. The fourth-order valence-electron chi connectivity index (χ4n) is 2.70. The summed E-state index contributed by atoms with van der Waals surface area (Å²) in [5.41, 5.74) is 2.37. The van der Waals surface area contributed by atoms with Crippen molar-refractivity contribution in [2.75, 3.05) is 27.3 Å². The van der Waals surface area contributed by atoms with Gasteiger partial charge in [0.1, 0.15) is 6.10 Å². The van der Waals surface area contributed by atoms with Gasteiger partial charge in [-0.3, -0.25) is 4.99 Å². The van der Waals surface area contributed by atoms with Crippen LogP contribution in [0, 0.1) is 0 Å². The largest absolute Gasteiger partial charge is 0.493 e. The summed E-state index contributed by atoms with van der Waals surface area (Å²) >= 11 is 0. The van der Waals surface area contributed by atoms with Gasteiger partial charge in [-0.25, -0.2) is 0 Å². The Morgan fingerprint density at radius 3 is 2.31 bits per heavy atom. The summed E-state index contributed by atoms with van der Waals surface area (Å²) in [5, 5.41) is 6.65. The lowest BCUT2D eigenvalue weighted by Gasteiger charge is -2.19. The first-order valence-corrected chi connectivity index (χ1v) is 9.56. The number of ether oxygens (including phenoxy) is 3. The fraction of sp³-hybridized carbons (Fsp3) is 0.409. The number of nitrogens with one attached hydrogen (secondary N) is 2. The third-order valence-electron chi connectivity index (χ3n) is 4.20. The summed E-state index contributed by atoms with van der Waals surface area (Å²) in [4.78, 5) is 4.29. The molecular formula is C22H32IN3O3. The van der Waals surface area contributed by atoms with E-state index in [0.717, 1.165) is 17.5 Å². The molecule has 0 heterocycles. The summed E-state index contributed by atoms with van der Waals surface area (Å²) in [7, 11) is 3.40. The molecular weight excluding hydrogens is 481 g/mol. The van der Waals surface area contributed by atoms with Crippen molar-refractivity contribution < 1.29 is 14.2 Å². The quantitative estimate of drug-likeness (QED) is 0.286. The molecule has 6 nitrogen and oxygen atoms in total. The van der Waals surface area contributed by atoms with Crippen molar-refractivity contribution in [2.45, 2.75) is 33.1 Å². The Labute approximate surface area is 191 Å². The van der Waals surface area contributed by atoms with Crippen molar-refractivity contribution >= 4 is 29.9 Å². The average Bonchev–Trinajstić information content (AvgIpc) is 2.73. The fourth-order valence-corrected chi connectivity index (χ4v) is 2.70. The number of benzene rings is 2. The highest BCUT2D eigenvalue weighted by Gasteiger charge is 2.10. The lowest BCUT2D eigenvalue weighted by molar-refractivity contribution is 0.133. The molecule has 0 saturated heterocycles. The highest BCUT2D eigenvalue weighted by atomic mass is 127. The van der Waals surface area contributed by atoms with Crippen LogP contribution in [0.4, 0.5) is 0 Å². The van der Waals surface area contributed by atoms with Crippen LogP contribution in [0.2, 0.25) is 0 Å². The Hall–Kier alpha value is -2.00. The second-order valence-corrected chi connectivity index (χ2v) is 6.29. The van der Waals surface area contributed by atoms with Crippen LogP contribution in [0.3, 0.4) is 0 Å². The molecule has 0 saturated carbocycles. The minimum Gasteiger partial charge on any atom is -0.493 e. The van der Waals surface area contributed by atoms with Crippen LogP contribution in [-0.2, 0) is 17.9 Å². The lowest BCUT2D eigenvalue weighted by Crippen LogP contribution is -2.41. The van der Waals surface area contributed by atoms with Crippen molar-refractivity contribution in [1.29, 1.82) is 0 Å². The second-order valence-electron chi connectivity index (χ2n) is 6.29. The van der Waals surface area contributed by atoms with Gasteiger partial charge in [-0.1, -0.05) is 36.4 Å². The van der Waals surface area contributed by atoms with Crippen LogP contribution < -0.4 is 20.1 Å². The van der Waals surface area contributed by atoms with Crippen molar-refractivity contribution in [3.8, 4) is 11.5 Å². The van der Waals surface area contributed by atoms with Crippen LogP contribution in [-0.4, -0.2) is 39.4 Å². The number of halogens is 1. The van der Waals surface area contributed by atoms with Crippen LogP contribution in [0.5, 0.6) is 11.5 Å². The maximum absolute atomic E-state index is 5.97. The van der Waals surface area contributed by atoms with Crippen molar-refractivity contribution in [2.24, 2.45) is 4.99 Å². The monoisotopic (exact) mass is 513 g/mol. The molecule has 0 spiro atoms. The number of para-hydroxylation sites is 2. The van der Waals surface area contributed by atoms with E-state index in [1.54, 1.807) is 14.2 Å². The van der Waals surface area contributed by atoms with Gasteiger partial charge in [0.2, 0.25) is 0 Å². The Morgan fingerprint density at radius 2 is 1.66 bits per heavy atom. The van der Waals surface area contributed by atoms with Gasteiger partial charge >= 0.3 is 0 Å². The molecule has 0 aliphatic rings. The van der Waals surface area contributed by atoms with E-state index in [2.05, 4.69) is 27.8 Å². The first-order chi connectivity index (χ1) is 13.7. The van der Waals surface area contributed by atoms with E-state index in [-0.39, 0.29) is 30.1 Å². The molecule has 2 N–H and O–H groups in total. The van der Waals surface area contributed by atoms with E-state index < -0.39 is 0 Å². The van der Waals surface area contributed by atoms with Crippen LogP contribution in [0.1, 0.15) is 25.0 Å². The van der Waals surface area contributed by atoms with Crippen molar-refractivity contribution in [3.63, 3.8) is 0 Å². The third kappa shape index (κ3) is 8.49. The van der Waals surface area contributed by atoms with Crippen molar-refractivity contribution in [3.05, 3.63) is 59.7 Å². The SMILES string of the molecule is CCOCc1ccccc1CNC(=NC)NCC(C)Oc1ccccc1OC.I. The van der Waals surface area contributed by atoms with Crippen LogP contribution in [0.15, 0.2) is 53.5 Å². The van der Waals surface area contributed by atoms with E-state index in [1.165, 1.54) is 11.1 Å². The van der Waals surface area contributed by atoms with Gasteiger partial charge in [0.05, 0.1) is 20.3 Å². The molecule has 0 bridgehead atoms. The van der Waals surface area contributed by atoms with Gasteiger partial charge in [-0.15, -0.1) is 24.0 Å². The number of nitrogens with zero attached hydrogens (tertiary/aromatic N) is 1. The maximum Gasteiger partial charge on any atom is 0.191 e. The highest BCUT2D eigenvalue weighted by molar-refractivity contribution is 14.0. The van der Waals surface area contributed by atoms with E-state index in [9.17, 15) is 0 Å². The molecule has 160 valence electrons. The smallest absolute Gasteiger partial charge is 0.191 e. The predicted octanol–water partition coefficient (Wildman–Crippen LogP) is 3.98. The Bertz CT molecular complexity index is 756. The Balaban J connectivity index is 0.00000420. The van der Waals surface area contributed by atoms with Gasteiger partial charge in [0.15, 0.2) is 17.5 Å². The first kappa shape index (κ1) is 25.0. The minimum absolute atomic E-state index is 0. The predicted molar refractivity (Wildman–Crippen MR) is 128 cm³/mol. The molecule has 0 amide bonds. The van der Waals surface area contributed by atoms with Gasteiger partial charge in [0, 0.05) is 20.2 Å². The van der Waals surface area contributed by atoms with Gasteiger partial charge in [-0.2, -0.15) is 0 Å². The molecule has 1 atom stereocenters. The van der Waals surface area contributed by atoms with Gasteiger partial charge in [-0.05, 0) is 37.1 Å². The third-order valence-corrected chi connectivity index (χ3v) is 4.20. The first-order valence-electron chi connectivity index (χ1n) is 9.56. The van der Waals surface area contributed by atoms with E-state index >= 15 is 0 Å². The number of rotatable bonds is 10. The zero-order valence-corrected chi connectivity index (χ0v) is 19.9. The molecule has 0 fully saturated rings. The summed E-state index contributed by atoms with van der Waals surface area (Å²) < 4.78 is 16.8. The number of guanidine groups is 1. The maximum atomic E-state index is 5.97. The van der Waals surface area contributed by atoms with Gasteiger partial charge in [0.25, 0.3) is 0 Å². The topological polar surface area (TPSA) is 64.1 Å².